The van der Waals surface area contributed by atoms with Gasteiger partial charge in [0.15, 0.2) is 6.61 Å². The van der Waals surface area contributed by atoms with E-state index in [1.807, 2.05) is 0 Å². The molecule has 2 N–H and O–H groups in total. The zero-order valence-corrected chi connectivity index (χ0v) is 16.0. The lowest BCUT2D eigenvalue weighted by atomic mass is 9.96. The molecule has 1 saturated carbocycles. The maximum atomic E-state index is 12.1. The molecule has 150 valence electrons. The van der Waals surface area contributed by atoms with E-state index in [2.05, 4.69) is 25.7 Å². The van der Waals surface area contributed by atoms with Crippen LogP contribution in [-0.2, 0) is 20.7 Å². The molecule has 0 aliphatic heterocycles. The van der Waals surface area contributed by atoms with Crippen molar-refractivity contribution < 1.29 is 19.1 Å². The number of fused-ring (bicyclic) bond motifs is 1. The minimum atomic E-state index is -0.667. The highest BCUT2D eigenvalue weighted by molar-refractivity contribution is 5.95. The molecule has 3 amide bonds. The highest BCUT2D eigenvalue weighted by atomic mass is 16.5. The van der Waals surface area contributed by atoms with Crippen molar-refractivity contribution in [2.75, 3.05) is 6.61 Å². The van der Waals surface area contributed by atoms with Crippen molar-refractivity contribution in [3.05, 3.63) is 23.3 Å². The summed E-state index contributed by atoms with van der Waals surface area (Å²) in [5.74, 6) is -0.800. The van der Waals surface area contributed by atoms with Crippen LogP contribution in [0.15, 0.2) is 6.33 Å². The average Bonchev–Trinajstić information content (AvgIpc) is 3.12. The van der Waals surface area contributed by atoms with Gasteiger partial charge in [-0.3, -0.25) is 14.9 Å². The number of hydrogen-bond donors (Lipinski definition) is 2. The van der Waals surface area contributed by atoms with Crippen molar-refractivity contribution >= 4 is 23.7 Å². The predicted octanol–water partition coefficient (Wildman–Crippen LogP) is 0.985. The van der Waals surface area contributed by atoms with Gasteiger partial charge in [-0.25, -0.2) is 14.3 Å². The van der Waals surface area contributed by atoms with E-state index >= 15 is 0 Å². The van der Waals surface area contributed by atoms with Gasteiger partial charge in [-0.2, -0.15) is 10.1 Å². The van der Waals surface area contributed by atoms with Crippen LogP contribution < -0.4 is 10.6 Å². The Morgan fingerprint density at radius 1 is 1.21 bits per heavy atom. The normalized spacial score (nSPS) is 14.6. The standard InChI is InChI=1S/C18H24N6O4/c1-11-14(12(2)24-17(21-11)19-10-20-24)8-16(26)28-9-15(25)23-18(27)22-13-6-4-3-5-7-13/h10,13H,3-9H2,1-2H3,(H2,22,23,25,27). The molecule has 0 bridgehead atoms. The molecular weight excluding hydrogens is 364 g/mol. The third kappa shape index (κ3) is 4.81. The van der Waals surface area contributed by atoms with Gasteiger partial charge >= 0.3 is 12.0 Å². The number of hydrogen-bond acceptors (Lipinski definition) is 7. The summed E-state index contributed by atoms with van der Waals surface area (Å²) in [6.45, 7) is 3.06. The Bertz CT molecular complexity index is 888. The number of nitrogens with zero attached hydrogens (tertiary/aromatic N) is 4. The molecule has 10 nitrogen and oxygen atoms in total. The quantitative estimate of drug-likeness (QED) is 0.731. The number of aromatic nitrogens is 4. The van der Waals surface area contributed by atoms with E-state index in [-0.39, 0.29) is 12.5 Å². The Morgan fingerprint density at radius 3 is 2.71 bits per heavy atom. The number of aryl methyl sites for hydroxylation is 2. The predicted molar refractivity (Wildman–Crippen MR) is 98.5 cm³/mol. The number of amides is 3. The van der Waals surface area contributed by atoms with Crippen LogP contribution in [0.2, 0.25) is 0 Å². The number of esters is 1. The van der Waals surface area contributed by atoms with E-state index in [1.165, 1.54) is 17.3 Å². The number of carbonyl (C=O) groups excluding carboxylic acids is 3. The second-order valence-corrected chi connectivity index (χ2v) is 6.93. The van der Waals surface area contributed by atoms with Crippen LogP contribution in [-0.4, -0.2) is 50.1 Å². The molecule has 1 aliphatic carbocycles. The topological polar surface area (TPSA) is 128 Å². The average molecular weight is 388 g/mol. The zero-order chi connectivity index (χ0) is 20.1. The maximum Gasteiger partial charge on any atom is 0.321 e. The van der Waals surface area contributed by atoms with Crippen LogP contribution in [0.4, 0.5) is 4.79 Å². The summed E-state index contributed by atoms with van der Waals surface area (Å²) >= 11 is 0. The molecule has 0 aromatic carbocycles. The number of ether oxygens (including phenoxy) is 1. The maximum absolute atomic E-state index is 12.1. The lowest BCUT2D eigenvalue weighted by molar-refractivity contribution is -0.147. The molecule has 10 heteroatoms. The molecule has 0 saturated heterocycles. The highest BCUT2D eigenvalue weighted by Crippen LogP contribution is 2.17. The van der Waals surface area contributed by atoms with Gasteiger partial charge in [0.05, 0.1) is 6.42 Å². The molecule has 0 radical (unpaired) electrons. The summed E-state index contributed by atoms with van der Waals surface area (Å²) in [6.07, 6.45) is 6.49. The monoisotopic (exact) mass is 388 g/mol. The van der Waals surface area contributed by atoms with Crippen LogP contribution in [0, 0.1) is 13.8 Å². The summed E-state index contributed by atoms with van der Waals surface area (Å²) in [5, 5.41) is 9.02. The summed E-state index contributed by atoms with van der Waals surface area (Å²) < 4.78 is 6.54. The molecule has 2 aromatic heterocycles. The fourth-order valence-electron chi connectivity index (χ4n) is 3.38. The van der Waals surface area contributed by atoms with E-state index in [4.69, 9.17) is 4.74 Å². The fraction of sp³-hybridized carbons (Fsp3) is 0.556. The Hall–Kier alpha value is -3.04. The first-order chi connectivity index (χ1) is 13.4. The van der Waals surface area contributed by atoms with E-state index in [0.717, 1.165) is 31.4 Å². The van der Waals surface area contributed by atoms with Gasteiger partial charge in [-0.1, -0.05) is 19.3 Å². The molecule has 1 aliphatic rings. The van der Waals surface area contributed by atoms with Crippen molar-refractivity contribution in [1.82, 2.24) is 30.2 Å². The third-order valence-corrected chi connectivity index (χ3v) is 4.87. The molecule has 3 rings (SSSR count). The Balaban J connectivity index is 1.47. The zero-order valence-electron chi connectivity index (χ0n) is 16.0. The Kier molecular flexibility index (Phi) is 6.17. The van der Waals surface area contributed by atoms with Crippen molar-refractivity contribution in [3.8, 4) is 0 Å². The number of carbonyl (C=O) groups is 3. The highest BCUT2D eigenvalue weighted by Gasteiger charge is 2.19. The van der Waals surface area contributed by atoms with Crippen molar-refractivity contribution in [2.24, 2.45) is 0 Å². The Morgan fingerprint density at radius 2 is 1.96 bits per heavy atom. The molecule has 2 aromatic rings. The van der Waals surface area contributed by atoms with Gasteiger partial charge in [0.25, 0.3) is 11.7 Å². The summed E-state index contributed by atoms with van der Waals surface area (Å²) in [7, 11) is 0. The van der Waals surface area contributed by atoms with E-state index < -0.39 is 24.5 Å². The number of nitrogens with one attached hydrogen (secondary N) is 2. The van der Waals surface area contributed by atoms with Gasteiger partial charge in [-0.15, -0.1) is 0 Å². The van der Waals surface area contributed by atoms with Gasteiger partial charge < -0.3 is 10.1 Å². The largest absolute Gasteiger partial charge is 0.455 e. The minimum absolute atomic E-state index is 0.0536. The van der Waals surface area contributed by atoms with Crippen LogP contribution in [0.25, 0.3) is 5.78 Å². The third-order valence-electron chi connectivity index (χ3n) is 4.87. The van der Waals surface area contributed by atoms with E-state index in [0.29, 0.717) is 17.0 Å². The molecule has 0 atom stereocenters. The number of urea groups is 1. The van der Waals surface area contributed by atoms with Gasteiger partial charge in [-0.05, 0) is 26.7 Å². The molecule has 1 fully saturated rings. The van der Waals surface area contributed by atoms with E-state index in [1.54, 1.807) is 13.8 Å². The van der Waals surface area contributed by atoms with Crippen molar-refractivity contribution in [2.45, 2.75) is 58.4 Å². The van der Waals surface area contributed by atoms with Gasteiger partial charge in [0, 0.05) is 23.0 Å². The van der Waals surface area contributed by atoms with Crippen molar-refractivity contribution in [3.63, 3.8) is 0 Å². The Labute approximate surface area is 162 Å². The van der Waals surface area contributed by atoms with Crippen LogP contribution in [0.5, 0.6) is 0 Å². The molecule has 0 spiro atoms. The SMILES string of the molecule is Cc1nc2ncnn2c(C)c1CC(=O)OCC(=O)NC(=O)NC1CCCCC1. The first kappa shape index (κ1) is 19.7. The number of imide groups is 1. The summed E-state index contributed by atoms with van der Waals surface area (Å²) in [4.78, 5) is 44.1. The first-order valence-corrected chi connectivity index (χ1v) is 9.36. The lowest BCUT2D eigenvalue weighted by Gasteiger charge is -2.22. The van der Waals surface area contributed by atoms with Crippen LogP contribution >= 0.6 is 0 Å². The summed E-state index contributed by atoms with van der Waals surface area (Å²) in [6, 6.07) is -0.463. The van der Waals surface area contributed by atoms with Crippen LogP contribution in [0.3, 0.4) is 0 Å². The lowest BCUT2D eigenvalue weighted by Crippen LogP contribution is -2.46. The molecule has 28 heavy (non-hydrogen) atoms. The second-order valence-electron chi connectivity index (χ2n) is 6.93. The minimum Gasteiger partial charge on any atom is -0.455 e. The van der Waals surface area contributed by atoms with E-state index in [9.17, 15) is 14.4 Å². The molecule has 2 heterocycles. The van der Waals surface area contributed by atoms with Crippen LogP contribution in [0.1, 0.15) is 49.1 Å². The first-order valence-electron chi connectivity index (χ1n) is 9.36. The second kappa shape index (κ2) is 8.77. The van der Waals surface area contributed by atoms with Crippen molar-refractivity contribution in [1.29, 1.82) is 0 Å². The van der Waals surface area contributed by atoms with Gasteiger partial charge in [0.2, 0.25) is 0 Å². The number of rotatable bonds is 5. The smallest absolute Gasteiger partial charge is 0.321 e. The van der Waals surface area contributed by atoms with Gasteiger partial charge in [0.1, 0.15) is 6.33 Å². The molecular formula is C18H24N6O4. The fourth-order valence-corrected chi connectivity index (χ4v) is 3.38. The summed E-state index contributed by atoms with van der Waals surface area (Å²) in [5.41, 5.74) is 2.04. The molecule has 0 unspecified atom stereocenters.